The van der Waals surface area contributed by atoms with Gasteiger partial charge in [0.2, 0.25) is 0 Å². The quantitative estimate of drug-likeness (QED) is 0.197. The molecule has 8 nitrogen and oxygen atoms in total. The number of carbonyl (C=O) groups excluding carboxylic acids is 3. The van der Waals surface area contributed by atoms with E-state index in [1.54, 1.807) is 12.0 Å². The molecule has 0 fully saturated rings. The fourth-order valence-corrected chi connectivity index (χ4v) is 4.86. The predicted octanol–water partition coefficient (Wildman–Crippen LogP) is 7.27. The maximum absolute atomic E-state index is 14.0. The molecule has 41 heavy (non-hydrogen) atoms. The SMILES string of the molecule is CCCOC(=O)CC/C(C)=C/Cc1c(NC(=O)N(c2ccccc2)c2ccccc2)c2c(c(C)c1OC)COC2=O. The van der Waals surface area contributed by atoms with Gasteiger partial charge in [0.15, 0.2) is 0 Å². The van der Waals surface area contributed by atoms with E-state index in [4.69, 9.17) is 14.2 Å². The van der Waals surface area contributed by atoms with Crippen molar-refractivity contribution in [2.45, 2.75) is 53.1 Å². The van der Waals surface area contributed by atoms with Gasteiger partial charge in [-0.1, -0.05) is 55.0 Å². The van der Waals surface area contributed by atoms with E-state index in [2.05, 4.69) is 5.32 Å². The minimum atomic E-state index is -0.493. The van der Waals surface area contributed by atoms with Gasteiger partial charge in [0.1, 0.15) is 12.4 Å². The zero-order valence-corrected chi connectivity index (χ0v) is 24.0. The van der Waals surface area contributed by atoms with Crippen LogP contribution in [0.5, 0.6) is 5.75 Å². The van der Waals surface area contributed by atoms with E-state index < -0.39 is 12.0 Å². The molecule has 1 aliphatic heterocycles. The second-order valence-electron chi connectivity index (χ2n) is 9.85. The van der Waals surface area contributed by atoms with Crippen LogP contribution in [0.2, 0.25) is 0 Å². The number of carbonyl (C=O) groups is 3. The lowest BCUT2D eigenvalue weighted by Gasteiger charge is -2.26. The van der Waals surface area contributed by atoms with Crippen LogP contribution in [0, 0.1) is 6.92 Å². The van der Waals surface area contributed by atoms with Gasteiger partial charge in [-0.05, 0) is 62.9 Å². The number of hydrogen-bond acceptors (Lipinski definition) is 6. The number of amides is 2. The molecule has 0 atom stereocenters. The van der Waals surface area contributed by atoms with Crippen molar-refractivity contribution in [3.8, 4) is 5.75 Å². The largest absolute Gasteiger partial charge is 0.496 e. The summed E-state index contributed by atoms with van der Waals surface area (Å²) in [5, 5.41) is 3.04. The smallest absolute Gasteiger partial charge is 0.341 e. The first kappa shape index (κ1) is 29.4. The van der Waals surface area contributed by atoms with Gasteiger partial charge in [-0.2, -0.15) is 0 Å². The van der Waals surface area contributed by atoms with Gasteiger partial charge in [-0.15, -0.1) is 0 Å². The summed E-state index contributed by atoms with van der Waals surface area (Å²) in [5.74, 6) is -0.148. The lowest BCUT2D eigenvalue weighted by molar-refractivity contribution is -0.143. The lowest BCUT2D eigenvalue weighted by atomic mass is 9.93. The molecule has 0 aromatic heterocycles. The number of nitrogens with one attached hydrogen (secondary N) is 1. The molecular formula is C33H36N2O6. The average molecular weight is 557 g/mol. The van der Waals surface area contributed by atoms with Gasteiger partial charge in [-0.25, -0.2) is 9.59 Å². The highest BCUT2D eigenvalue weighted by molar-refractivity contribution is 6.11. The van der Waals surface area contributed by atoms with E-state index in [0.29, 0.717) is 59.0 Å². The van der Waals surface area contributed by atoms with E-state index in [1.807, 2.05) is 87.5 Å². The highest BCUT2D eigenvalue weighted by atomic mass is 16.5. The number of allylic oxidation sites excluding steroid dienone is 2. The van der Waals surface area contributed by atoms with Crippen molar-refractivity contribution >= 4 is 35.0 Å². The van der Waals surface area contributed by atoms with Crippen LogP contribution in [0.15, 0.2) is 72.3 Å². The normalized spacial score (nSPS) is 12.4. The average Bonchev–Trinajstić information content (AvgIpc) is 3.38. The summed E-state index contributed by atoms with van der Waals surface area (Å²) in [7, 11) is 1.57. The molecule has 3 aromatic rings. The number of urea groups is 1. The highest BCUT2D eigenvalue weighted by Crippen LogP contribution is 2.42. The molecule has 4 rings (SSSR count). The third kappa shape index (κ3) is 6.77. The summed E-state index contributed by atoms with van der Waals surface area (Å²) < 4.78 is 16.4. The lowest BCUT2D eigenvalue weighted by Crippen LogP contribution is -2.32. The monoisotopic (exact) mass is 556 g/mol. The van der Waals surface area contributed by atoms with E-state index in [1.165, 1.54) is 0 Å². The van der Waals surface area contributed by atoms with Crippen LogP contribution >= 0.6 is 0 Å². The molecule has 0 spiro atoms. The van der Waals surface area contributed by atoms with Crippen molar-refractivity contribution in [1.82, 2.24) is 0 Å². The summed E-state index contributed by atoms with van der Waals surface area (Å²) in [4.78, 5) is 40.6. The Morgan fingerprint density at radius 2 is 1.66 bits per heavy atom. The van der Waals surface area contributed by atoms with Crippen LogP contribution in [0.4, 0.5) is 21.9 Å². The number of esters is 2. The molecule has 1 heterocycles. The Kier molecular flexibility index (Phi) is 9.79. The minimum absolute atomic E-state index is 0.106. The molecule has 8 heteroatoms. The Morgan fingerprint density at radius 3 is 2.24 bits per heavy atom. The fraction of sp³-hybridized carbons (Fsp3) is 0.303. The van der Waals surface area contributed by atoms with Crippen molar-refractivity contribution in [1.29, 1.82) is 0 Å². The number of nitrogens with zero attached hydrogens (tertiary/aromatic N) is 1. The number of methoxy groups -OCH3 is 1. The van der Waals surface area contributed by atoms with Crippen LogP contribution in [0.25, 0.3) is 0 Å². The molecule has 3 aromatic carbocycles. The molecule has 0 unspecified atom stereocenters. The first-order chi connectivity index (χ1) is 19.8. The van der Waals surface area contributed by atoms with Crippen LogP contribution < -0.4 is 15.0 Å². The van der Waals surface area contributed by atoms with Crippen molar-refractivity contribution in [3.63, 3.8) is 0 Å². The third-order valence-electron chi connectivity index (χ3n) is 6.99. The van der Waals surface area contributed by atoms with Gasteiger partial charge >= 0.3 is 18.0 Å². The number of anilines is 3. The third-order valence-corrected chi connectivity index (χ3v) is 6.99. The zero-order valence-electron chi connectivity index (χ0n) is 24.0. The maximum atomic E-state index is 14.0. The van der Waals surface area contributed by atoms with E-state index in [0.717, 1.165) is 17.6 Å². The van der Waals surface area contributed by atoms with Crippen LogP contribution in [-0.2, 0) is 27.3 Å². The van der Waals surface area contributed by atoms with Crippen molar-refractivity contribution < 1.29 is 28.6 Å². The van der Waals surface area contributed by atoms with Gasteiger partial charge in [0.25, 0.3) is 0 Å². The van der Waals surface area contributed by atoms with Crippen LogP contribution in [0.3, 0.4) is 0 Å². The van der Waals surface area contributed by atoms with Gasteiger partial charge < -0.3 is 19.5 Å². The van der Waals surface area contributed by atoms with Crippen molar-refractivity contribution in [2.75, 3.05) is 23.9 Å². The fourth-order valence-electron chi connectivity index (χ4n) is 4.86. The van der Waals surface area contributed by atoms with Gasteiger partial charge in [0.05, 0.1) is 36.3 Å². The highest BCUT2D eigenvalue weighted by Gasteiger charge is 2.33. The second-order valence-corrected chi connectivity index (χ2v) is 9.85. The summed E-state index contributed by atoms with van der Waals surface area (Å²) >= 11 is 0. The standard InChI is InChI=1S/C33H36N2O6/c1-5-20-40-28(36)19-17-22(2)16-18-26-30(29-27(21-41-32(29)37)23(3)31(26)39-4)34-33(38)35(24-12-8-6-9-13-24)25-14-10-7-11-15-25/h6-16H,5,17-21H2,1-4H3,(H,34,38)/b22-16+. The molecule has 1 N–H and O–H groups in total. The Morgan fingerprint density at radius 1 is 1.02 bits per heavy atom. The molecule has 1 aliphatic rings. The van der Waals surface area contributed by atoms with E-state index in [9.17, 15) is 14.4 Å². The van der Waals surface area contributed by atoms with Gasteiger partial charge in [-0.3, -0.25) is 9.69 Å². The van der Waals surface area contributed by atoms with E-state index in [-0.39, 0.29) is 19.0 Å². The Hall–Kier alpha value is -4.59. The first-order valence-corrected chi connectivity index (χ1v) is 13.8. The molecule has 2 amide bonds. The summed E-state index contributed by atoms with van der Waals surface area (Å²) in [6, 6.07) is 18.2. The summed E-state index contributed by atoms with van der Waals surface area (Å²) in [5.41, 5.74) is 5.15. The second kappa shape index (κ2) is 13.7. The molecular weight excluding hydrogens is 520 g/mol. The van der Waals surface area contributed by atoms with Crippen LogP contribution in [-0.4, -0.2) is 31.7 Å². The summed E-state index contributed by atoms with van der Waals surface area (Å²) in [6.45, 7) is 6.30. The predicted molar refractivity (Wildman–Crippen MR) is 159 cm³/mol. The Bertz CT molecular complexity index is 1390. The Labute approximate surface area is 240 Å². The van der Waals surface area contributed by atoms with Crippen molar-refractivity contribution in [3.05, 3.63) is 94.6 Å². The number of rotatable bonds is 11. The number of cyclic esters (lactones) is 1. The molecule has 0 radical (unpaired) electrons. The number of para-hydroxylation sites is 2. The molecule has 214 valence electrons. The maximum Gasteiger partial charge on any atom is 0.341 e. The molecule has 0 bridgehead atoms. The van der Waals surface area contributed by atoms with Crippen molar-refractivity contribution in [2.24, 2.45) is 0 Å². The topological polar surface area (TPSA) is 94.2 Å². The molecule has 0 saturated heterocycles. The molecule has 0 saturated carbocycles. The first-order valence-electron chi connectivity index (χ1n) is 13.8. The number of fused-ring (bicyclic) bond motifs is 1. The van der Waals surface area contributed by atoms with E-state index >= 15 is 0 Å². The number of ether oxygens (including phenoxy) is 3. The number of benzene rings is 3. The molecule has 0 aliphatic carbocycles. The van der Waals surface area contributed by atoms with Crippen LogP contribution in [0.1, 0.15) is 60.2 Å². The zero-order chi connectivity index (χ0) is 29.4. The minimum Gasteiger partial charge on any atom is -0.496 e. The number of hydrogen-bond donors (Lipinski definition) is 1. The summed E-state index contributed by atoms with van der Waals surface area (Å²) in [6.07, 6.45) is 3.95. The van der Waals surface area contributed by atoms with Gasteiger partial charge in [0, 0.05) is 17.5 Å². The Balaban J connectivity index is 1.73.